The van der Waals surface area contributed by atoms with Gasteiger partial charge in [0.25, 0.3) is 0 Å². The molecular formula is C24H36N4O8S. The smallest absolute Gasteiger partial charge is 0.335 e. The van der Waals surface area contributed by atoms with Crippen LogP contribution in [0.25, 0.3) is 11.5 Å². The summed E-state index contributed by atoms with van der Waals surface area (Å²) in [4.78, 5) is 24.2. The highest BCUT2D eigenvalue weighted by Crippen LogP contribution is 2.20. The lowest BCUT2D eigenvalue weighted by atomic mass is 10.0. The number of amides is 1. The number of nitrogens with one attached hydrogen (secondary N) is 1. The Morgan fingerprint density at radius 3 is 2.14 bits per heavy atom. The molecule has 1 aromatic heterocycles. The van der Waals surface area contributed by atoms with E-state index in [-0.39, 0.29) is 36.8 Å². The Morgan fingerprint density at radius 1 is 0.919 bits per heavy atom. The Morgan fingerprint density at radius 2 is 1.54 bits per heavy atom. The summed E-state index contributed by atoms with van der Waals surface area (Å²) in [5, 5.41) is 9.58. The first kappa shape index (κ1) is 30.5. The van der Waals surface area contributed by atoms with E-state index in [1.165, 1.54) is 0 Å². The first-order chi connectivity index (χ1) is 17.8. The first-order valence-corrected chi connectivity index (χ1v) is 14.0. The molecule has 0 saturated heterocycles. The van der Waals surface area contributed by atoms with Gasteiger partial charge in [-0.25, -0.2) is 8.42 Å². The van der Waals surface area contributed by atoms with Crippen LogP contribution in [0.1, 0.15) is 31.2 Å². The van der Waals surface area contributed by atoms with E-state index < -0.39 is 15.1 Å². The highest BCUT2D eigenvalue weighted by Gasteiger charge is 2.17. The van der Waals surface area contributed by atoms with Gasteiger partial charge in [0.05, 0.1) is 26.4 Å². The van der Waals surface area contributed by atoms with Gasteiger partial charge in [0.2, 0.25) is 21.6 Å². The van der Waals surface area contributed by atoms with E-state index in [1.54, 1.807) is 24.3 Å². The van der Waals surface area contributed by atoms with Crippen LogP contribution in [0, 0.1) is 0 Å². The third-order valence-electron chi connectivity index (χ3n) is 4.98. The van der Waals surface area contributed by atoms with E-state index in [0.29, 0.717) is 64.7 Å². The molecule has 0 aliphatic carbocycles. The van der Waals surface area contributed by atoms with Gasteiger partial charge in [-0.15, -0.1) is 5.10 Å². The van der Waals surface area contributed by atoms with Crippen molar-refractivity contribution >= 4 is 21.5 Å². The molecule has 206 valence electrons. The number of carbonyl (C=O) groups excluding carboxylic acids is 2. The molecule has 1 heterocycles. The van der Waals surface area contributed by atoms with Gasteiger partial charge in [-0.1, -0.05) is 17.2 Å². The number of carbonyl (C=O) groups is 2. The summed E-state index contributed by atoms with van der Waals surface area (Å²) in [6.45, 7) is 4.26. The molecule has 2 aromatic rings. The van der Waals surface area contributed by atoms with Crippen LogP contribution in [0.15, 0.2) is 33.9 Å². The number of aromatic nitrogens is 2. The minimum Gasteiger partial charge on any atom is -0.408 e. The number of rotatable bonds is 20. The van der Waals surface area contributed by atoms with Gasteiger partial charge in [-0.2, -0.15) is 0 Å². The van der Waals surface area contributed by atoms with Crippen LogP contribution in [-0.2, 0) is 40.1 Å². The number of hydrogen-bond acceptors (Lipinski definition) is 11. The van der Waals surface area contributed by atoms with Crippen molar-refractivity contribution in [3.05, 3.63) is 29.8 Å². The molecule has 3 N–H and O–H groups in total. The Hall–Kier alpha value is -2.71. The van der Waals surface area contributed by atoms with Gasteiger partial charge >= 0.3 is 5.22 Å². The molecule has 0 radical (unpaired) electrons. The van der Waals surface area contributed by atoms with E-state index in [9.17, 15) is 18.0 Å². The lowest BCUT2D eigenvalue weighted by Crippen LogP contribution is -2.26. The van der Waals surface area contributed by atoms with Crippen molar-refractivity contribution < 1.29 is 36.6 Å². The molecule has 1 aromatic carbocycles. The van der Waals surface area contributed by atoms with Gasteiger partial charge in [-0.05, 0) is 37.1 Å². The fourth-order valence-electron chi connectivity index (χ4n) is 3.03. The second-order valence-corrected chi connectivity index (χ2v) is 10.1. The summed E-state index contributed by atoms with van der Waals surface area (Å²) in [5.74, 6) is -0.165. The second-order valence-electron chi connectivity index (χ2n) is 8.24. The van der Waals surface area contributed by atoms with Crippen LogP contribution < -0.4 is 11.1 Å². The molecule has 0 saturated carbocycles. The lowest BCUT2D eigenvalue weighted by Gasteiger charge is -2.07. The van der Waals surface area contributed by atoms with Gasteiger partial charge in [0.1, 0.15) is 5.78 Å². The maximum Gasteiger partial charge on any atom is 0.335 e. The fraction of sp³-hybridized carbons (Fsp3) is 0.583. The molecule has 0 unspecified atom stereocenters. The highest BCUT2D eigenvalue weighted by molar-refractivity contribution is 7.90. The van der Waals surface area contributed by atoms with Crippen molar-refractivity contribution in [3.8, 4) is 11.5 Å². The van der Waals surface area contributed by atoms with Gasteiger partial charge in [-0.3, -0.25) is 9.59 Å². The van der Waals surface area contributed by atoms with Crippen molar-refractivity contribution in [2.75, 3.05) is 59.0 Å². The number of Topliss-reactive ketones (excluding diaryl/α,β-unsaturated/α-hetero) is 1. The summed E-state index contributed by atoms with van der Waals surface area (Å²) in [6, 6.07) is 6.78. The van der Waals surface area contributed by atoms with Crippen LogP contribution in [0.5, 0.6) is 0 Å². The van der Waals surface area contributed by atoms with Crippen molar-refractivity contribution in [2.45, 2.75) is 37.3 Å². The molecule has 2 rings (SSSR count). The molecule has 0 spiro atoms. The quantitative estimate of drug-likeness (QED) is 0.229. The number of ether oxygens (including phenoxy) is 3. The van der Waals surface area contributed by atoms with Crippen LogP contribution >= 0.6 is 0 Å². The van der Waals surface area contributed by atoms with E-state index in [1.807, 2.05) is 0 Å². The van der Waals surface area contributed by atoms with Crippen molar-refractivity contribution in [2.24, 2.45) is 5.73 Å². The molecule has 0 bridgehead atoms. The molecule has 12 nitrogen and oxygen atoms in total. The number of nitrogens with zero attached hydrogens (tertiary/aromatic N) is 2. The minimum absolute atomic E-state index is 0.0619. The van der Waals surface area contributed by atoms with E-state index in [2.05, 4.69) is 15.5 Å². The highest BCUT2D eigenvalue weighted by atomic mass is 32.2. The van der Waals surface area contributed by atoms with Crippen LogP contribution in [0.2, 0.25) is 0 Å². The average Bonchev–Trinajstić information content (AvgIpc) is 3.37. The maximum absolute atomic E-state index is 12.2. The first-order valence-electron chi connectivity index (χ1n) is 12.1. The molecule has 0 aliphatic heterocycles. The number of benzene rings is 1. The Labute approximate surface area is 217 Å². The maximum atomic E-state index is 12.2. The third kappa shape index (κ3) is 12.9. The topological polar surface area (TPSA) is 173 Å². The van der Waals surface area contributed by atoms with Crippen molar-refractivity contribution in [3.63, 3.8) is 0 Å². The molecule has 0 atom stereocenters. The molecule has 0 fully saturated rings. The zero-order chi connectivity index (χ0) is 26.9. The lowest BCUT2D eigenvalue weighted by molar-refractivity contribution is -0.125. The van der Waals surface area contributed by atoms with Gasteiger partial charge < -0.3 is 29.7 Å². The zero-order valence-corrected chi connectivity index (χ0v) is 22.0. The normalized spacial score (nSPS) is 11.5. The Kier molecular flexibility index (Phi) is 14.0. The standard InChI is InChI=1S/C24H36N4O8S/c1-37(31,32)24-28-27-23(36-24)20-6-4-19(5-7-20)18-21(29)8-9-22(30)26-11-3-13-34-15-17-35-16-14-33-12-2-10-25/h4-7H,2-3,8-18,25H2,1H3,(H,26,30). The predicted molar refractivity (Wildman–Crippen MR) is 135 cm³/mol. The summed E-state index contributed by atoms with van der Waals surface area (Å²) in [5.41, 5.74) is 6.68. The van der Waals surface area contributed by atoms with E-state index in [0.717, 1.165) is 18.2 Å². The summed E-state index contributed by atoms with van der Waals surface area (Å²) >= 11 is 0. The minimum atomic E-state index is -3.58. The molecular weight excluding hydrogens is 504 g/mol. The third-order valence-corrected chi connectivity index (χ3v) is 5.78. The number of nitrogens with two attached hydrogens (primary N) is 1. The van der Waals surface area contributed by atoms with Crippen molar-refractivity contribution in [1.29, 1.82) is 0 Å². The number of sulfone groups is 1. The number of hydrogen-bond donors (Lipinski definition) is 2. The molecule has 37 heavy (non-hydrogen) atoms. The molecule has 13 heteroatoms. The summed E-state index contributed by atoms with van der Waals surface area (Å²) < 4.78 is 44.2. The predicted octanol–water partition coefficient (Wildman–Crippen LogP) is 0.937. The van der Waals surface area contributed by atoms with E-state index in [4.69, 9.17) is 24.4 Å². The summed E-state index contributed by atoms with van der Waals surface area (Å²) in [6.07, 6.45) is 2.93. The summed E-state index contributed by atoms with van der Waals surface area (Å²) in [7, 11) is -3.58. The molecule has 1 amide bonds. The van der Waals surface area contributed by atoms with Gasteiger partial charge in [0, 0.05) is 50.8 Å². The monoisotopic (exact) mass is 540 g/mol. The van der Waals surface area contributed by atoms with E-state index >= 15 is 0 Å². The van der Waals surface area contributed by atoms with Crippen molar-refractivity contribution in [1.82, 2.24) is 15.5 Å². The number of ketones is 1. The largest absolute Gasteiger partial charge is 0.408 e. The van der Waals surface area contributed by atoms with Crippen LogP contribution in [-0.4, -0.2) is 89.3 Å². The average molecular weight is 541 g/mol. The second kappa shape index (κ2) is 16.9. The SMILES string of the molecule is CS(=O)(=O)c1nnc(-c2ccc(CC(=O)CCC(=O)NCCCOCCOCCOCCCN)cc2)o1. The van der Waals surface area contributed by atoms with Crippen LogP contribution in [0.4, 0.5) is 0 Å². The Bertz CT molecular complexity index is 1060. The fourth-order valence-corrected chi connectivity index (χ4v) is 3.45. The zero-order valence-electron chi connectivity index (χ0n) is 21.1. The van der Waals surface area contributed by atoms with Crippen LogP contribution in [0.3, 0.4) is 0 Å². The van der Waals surface area contributed by atoms with Gasteiger partial charge in [0.15, 0.2) is 0 Å². The Balaban J connectivity index is 1.52. The molecule has 0 aliphatic rings.